The summed E-state index contributed by atoms with van der Waals surface area (Å²) in [6.07, 6.45) is 9.15. The SMILES string of the molecule is CCCC#CC(O)(C=Cc1ccc(C(CC)(CC)c2ccc(OC[C@@H]3CCC(=O)O3)c(C)c2)cc1C)CC. The lowest BCUT2D eigenvalue weighted by atomic mass is 9.70. The molecule has 1 N–H and O–H groups in total. The van der Waals surface area contributed by atoms with E-state index in [-0.39, 0.29) is 17.5 Å². The van der Waals surface area contributed by atoms with Crippen LogP contribution in [0.5, 0.6) is 5.75 Å². The molecular formula is C34H44O4. The van der Waals surface area contributed by atoms with Crippen molar-refractivity contribution >= 4 is 12.0 Å². The lowest BCUT2D eigenvalue weighted by molar-refractivity contribution is -0.142. The molecular weight excluding hydrogens is 472 g/mol. The van der Waals surface area contributed by atoms with Gasteiger partial charge in [-0.1, -0.05) is 75.9 Å². The molecule has 0 saturated carbocycles. The van der Waals surface area contributed by atoms with Crippen molar-refractivity contribution in [3.8, 4) is 17.6 Å². The number of hydrogen-bond donors (Lipinski definition) is 1. The van der Waals surface area contributed by atoms with Gasteiger partial charge >= 0.3 is 5.97 Å². The fourth-order valence-electron chi connectivity index (χ4n) is 5.20. The molecule has 4 heteroatoms. The van der Waals surface area contributed by atoms with Gasteiger partial charge in [0.15, 0.2) is 0 Å². The van der Waals surface area contributed by atoms with Gasteiger partial charge < -0.3 is 14.6 Å². The summed E-state index contributed by atoms with van der Waals surface area (Å²) in [7, 11) is 0. The number of esters is 1. The van der Waals surface area contributed by atoms with Crippen molar-refractivity contribution in [2.45, 2.75) is 104 Å². The van der Waals surface area contributed by atoms with Crippen LogP contribution in [-0.4, -0.2) is 29.4 Å². The van der Waals surface area contributed by atoms with Crippen molar-refractivity contribution in [2.24, 2.45) is 0 Å². The maximum atomic E-state index is 11.4. The molecule has 0 aromatic heterocycles. The first-order chi connectivity index (χ1) is 18.2. The summed E-state index contributed by atoms with van der Waals surface area (Å²) >= 11 is 0. The van der Waals surface area contributed by atoms with Crippen LogP contribution in [0.2, 0.25) is 0 Å². The minimum absolute atomic E-state index is 0.118. The molecule has 0 bridgehead atoms. The van der Waals surface area contributed by atoms with Gasteiger partial charge in [0, 0.05) is 18.3 Å². The maximum absolute atomic E-state index is 11.4. The van der Waals surface area contributed by atoms with Crippen molar-refractivity contribution in [3.63, 3.8) is 0 Å². The van der Waals surface area contributed by atoms with Gasteiger partial charge in [0.25, 0.3) is 0 Å². The molecule has 1 aliphatic heterocycles. The van der Waals surface area contributed by atoms with E-state index in [0.29, 0.717) is 19.4 Å². The number of hydrogen-bond acceptors (Lipinski definition) is 4. The van der Waals surface area contributed by atoms with E-state index in [1.807, 2.05) is 19.1 Å². The smallest absolute Gasteiger partial charge is 0.306 e. The molecule has 1 fully saturated rings. The van der Waals surface area contributed by atoms with Crippen LogP contribution in [0.4, 0.5) is 0 Å². The number of benzene rings is 2. The summed E-state index contributed by atoms with van der Waals surface area (Å²) in [6, 6.07) is 13.1. The fraction of sp³-hybridized carbons (Fsp3) is 0.500. The molecule has 1 unspecified atom stereocenters. The quantitative estimate of drug-likeness (QED) is 0.249. The molecule has 1 heterocycles. The van der Waals surface area contributed by atoms with E-state index in [4.69, 9.17) is 9.47 Å². The largest absolute Gasteiger partial charge is 0.489 e. The molecule has 0 aliphatic carbocycles. The number of cyclic esters (lactones) is 1. The monoisotopic (exact) mass is 516 g/mol. The van der Waals surface area contributed by atoms with E-state index in [2.05, 4.69) is 82.9 Å². The van der Waals surface area contributed by atoms with Gasteiger partial charge in [-0.2, -0.15) is 0 Å². The van der Waals surface area contributed by atoms with Crippen LogP contribution < -0.4 is 4.74 Å². The number of ether oxygens (including phenoxy) is 2. The van der Waals surface area contributed by atoms with Crippen LogP contribution in [0.3, 0.4) is 0 Å². The number of aryl methyl sites for hydroxylation is 2. The predicted molar refractivity (Wildman–Crippen MR) is 155 cm³/mol. The van der Waals surface area contributed by atoms with E-state index in [0.717, 1.165) is 49.0 Å². The van der Waals surface area contributed by atoms with Crippen LogP contribution in [0.25, 0.3) is 6.08 Å². The third kappa shape index (κ3) is 6.88. The van der Waals surface area contributed by atoms with Crippen LogP contribution in [0, 0.1) is 25.7 Å². The summed E-state index contributed by atoms with van der Waals surface area (Å²) in [5.74, 6) is 6.82. The van der Waals surface area contributed by atoms with Crippen molar-refractivity contribution in [1.29, 1.82) is 0 Å². The van der Waals surface area contributed by atoms with Crippen molar-refractivity contribution in [3.05, 3.63) is 70.3 Å². The third-order valence-corrected chi connectivity index (χ3v) is 7.91. The topological polar surface area (TPSA) is 55.8 Å². The highest BCUT2D eigenvalue weighted by molar-refractivity contribution is 5.71. The number of carbonyl (C=O) groups excluding carboxylic acids is 1. The Bertz CT molecular complexity index is 1190. The van der Waals surface area contributed by atoms with E-state index in [9.17, 15) is 9.90 Å². The molecule has 204 valence electrons. The highest BCUT2D eigenvalue weighted by Crippen LogP contribution is 2.41. The molecule has 3 rings (SSSR count). The Morgan fingerprint density at radius 1 is 1.03 bits per heavy atom. The maximum Gasteiger partial charge on any atom is 0.306 e. The summed E-state index contributed by atoms with van der Waals surface area (Å²) in [5.41, 5.74) is 4.69. The number of unbranched alkanes of at least 4 members (excludes halogenated alkanes) is 1. The number of rotatable bonds is 11. The summed E-state index contributed by atoms with van der Waals surface area (Å²) in [4.78, 5) is 11.4. The predicted octanol–water partition coefficient (Wildman–Crippen LogP) is 7.45. The highest BCUT2D eigenvalue weighted by Gasteiger charge is 2.32. The lowest BCUT2D eigenvalue weighted by Gasteiger charge is -2.34. The summed E-state index contributed by atoms with van der Waals surface area (Å²) in [6.45, 7) is 13.1. The molecule has 0 spiro atoms. The molecule has 1 aliphatic rings. The Hall–Kier alpha value is -3.03. The molecule has 0 radical (unpaired) electrons. The summed E-state index contributed by atoms with van der Waals surface area (Å²) < 4.78 is 11.3. The number of carbonyl (C=O) groups is 1. The van der Waals surface area contributed by atoms with E-state index >= 15 is 0 Å². The van der Waals surface area contributed by atoms with Crippen LogP contribution in [0.15, 0.2) is 42.5 Å². The normalized spacial score (nSPS) is 17.1. The zero-order valence-corrected chi connectivity index (χ0v) is 24.0. The van der Waals surface area contributed by atoms with E-state index in [1.54, 1.807) is 0 Å². The minimum Gasteiger partial charge on any atom is -0.489 e. The minimum atomic E-state index is -1.10. The molecule has 2 aromatic rings. The van der Waals surface area contributed by atoms with Gasteiger partial charge in [-0.3, -0.25) is 4.79 Å². The molecule has 38 heavy (non-hydrogen) atoms. The highest BCUT2D eigenvalue weighted by atomic mass is 16.6. The second-order valence-corrected chi connectivity index (χ2v) is 10.5. The molecule has 2 aromatic carbocycles. The standard InChI is InChI=1S/C34H44O4/c1-7-11-12-20-33(36,8-2)21-19-27-13-14-28(22-25(27)5)34(9-3,10-4)29-15-17-31(26(6)23-29)37-24-30-16-18-32(35)38-30/h13-15,17,19,21-23,30,36H,7-11,16,18,24H2,1-6H3/t30-,33?/m0/s1. The van der Waals surface area contributed by atoms with Gasteiger partial charge in [-0.15, -0.1) is 0 Å². The third-order valence-electron chi connectivity index (χ3n) is 7.91. The molecule has 2 atom stereocenters. The molecule has 4 nitrogen and oxygen atoms in total. The second-order valence-electron chi connectivity index (χ2n) is 10.5. The first-order valence-corrected chi connectivity index (χ1v) is 14.2. The average Bonchev–Trinajstić information content (AvgIpc) is 3.33. The Kier molecular flexibility index (Phi) is 10.2. The zero-order chi connectivity index (χ0) is 27.8. The van der Waals surface area contributed by atoms with Crippen molar-refractivity contribution < 1.29 is 19.4 Å². The van der Waals surface area contributed by atoms with Gasteiger partial charge in [0.1, 0.15) is 24.1 Å². The van der Waals surface area contributed by atoms with Gasteiger partial charge in [-0.05, 0) is 85.9 Å². The van der Waals surface area contributed by atoms with Gasteiger partial charge in [-0.25, -0.2) is 0 Å². The van der Waals surface area contributed by atoms with Crippen molar-refractivity contribution in [1.82, 2.24) is 0 Å². The fourth-order valence-corrected chi connectivity index (χ4v) is 5.20. The van der Waals surface area contributed by atoms with Crippen LogP contribution in [-0.2, 0) is 14.9 Å². The van der Waals surface area contributed by atoms with Crippen LogP contribution in [0.1, 0.15) is 100 Å². The van der Waals surface area contributed by atoms with E-state index in [1.165, 1.54) is 16.7 Å². The first-order valence-electron chi connectivity index (χ1n) is 14.2. The summed E-state index contributed by atoms with van der Waals surface area (Å²) in [5, 5.41) is 10.9. The van der Waals surface area contributed by atoms with Crippen LogP contribution >= 0.6 is 0 Å². The Morgan fingerprint density at radius 2 is 1.71 bits per heavy atom. The Morgan fingerprint density at radius 3 is 2.26 bits per heavy atom. The Labute approximate surface area is 229 Å². The zero-order valence-electron chi connectivity index (χ0n) is 24.0. The number of aliphatic hydroxyl groups is 1. The lowest BCUT2D eigenvalue weighted by Crippen LogP contribution is -2.26. The molecule has 0 amide bonds. The van der Waals surface area contributed by atoms with Gasteiger partial charge in [0.2, 0.25) is 0 Å². The van der Waals surface area contributed by atoms with Gasteiger partial charge in [0.05, 0.1) is 0 Å². The first kappa shape index (κ1) is 29.5. The Balaban J connectivity index is 1.84. The average molecular weight is 517 g/mol. The second kappa shape index (κ2) is 13.2. The van der Waals surface area contributed by atoms with E-state index < -0.39 is 5.60 Å². The van der Waals surface area contributed by atoms with Crippen molar-refractivity contribution in [2.75, 3.05) is 6.61 Å². The molecule has 1 saturated heterocycles.